The molecule has 0 fully saturated rings. The van der Waals surface area contributed by atoms with Gasteiger partial charge in [-0.3, -0.25) is 0 Å². The molecule has 0 rings (SSSR count). The van der Waals surface area contributed by atoms with Crippen LogP contribution in [0.3, 0.4) is 0 Å². The molecular weight excluding hydrogens is 158 g/mol. The Labute approximate surface area is 82.4 Å². The maximum Gasteiger partial charge on any atom is 0.0193 e. The molecule has 0 N–H and O–H groups in total. The Hall–Kier alpha value is -0.980. The molecule has 0 aromatic rings. The first kappa shape index (κ1) is 12.0. The molecule has 0 aromatic heterocycles. The van der Waals surface area contributed by atoms with Crippen molar-refractivity contribution in [1.29, 1.82) is 0 Å². The summed E-state index contributed by atoms with van der Waals surface area (Å²) in [7, 11) is 0. The van der Waals surface area contributed by atoms with Gasteiger partial charge in [-0.2, -0.15) is 0 Å². The van der Waals surface area contributed by atoms with Gasteiger partial charge in [0, 0.05) is 18.4 Å². The number of nitrogens with zero attached hydrogens (tertiary/aromatic N) is 1. The van der Waals surface area contributed by atoms with Crippen LogP contribution in [0.25, 0.3) is 0 Å². The van der Waals surface area contributed by atoms with Crippen molar-refractivity contribution in [2.75, 3.05) is 6.54 Å². The summed E-state index contributed by atoms with van der Waals surface area (Å²) in [4.78, 5) is 2.21. The molecule has 0 atom stereocenters. The van der Waals surface area contributed by atoms with Crippen molar-refractivity contribution >= 4 is 0 Å². The van der Waals surface area contributed by atoms with E-state index in [2.05, 4.69) is 57.5 Å². The lowest BCUT2D eigenvalue weighted by atomic mass is 10.2. The summed E-state index contributed by atoms with van der Waals surface area (Å²) < 4.78 is 0. The van der Waals surface area contributed by atoms with E-state index in [0.717, 1.165) is 13.0 Å². The Bertz CT molecular complexity index is 211. The maximum absolute atomic E-state index is 3.93. The van der Waals surface area contributed by atoms with Crippen LogP contribution in [0.5, 0.6) is 0 Å². The highest BCUT2D eigenvalue weighted by atomic mass is 15.1. The quantitative estimate of drug-likeness (QED) is 0.581. The Morgan fingerprint density at radius 3 is 2.38 bits per heavy atom. The molecule has 0 aliphatic carbocycles. The minimum atomic E-state index is 1.00. The monoisotopic (exact) mass is 179 g/mol. The van der Waals surface area contributed by atoms with E-state index >= 15 is 0 Å². The number of hydrogen-bond donors (Lipinski definition) is 0. The molecule has 0 aliphatic rings. The third-order valence-electron chi connectivity index (χ3n) is 2.16. The van der Waals surface area contributed by atoms with E-state index in [1.807, 2.05) is 0 Å². The summed E-state index contributed by atoms with van der Waals surface area (Å²) in [5.41, 5.74) is 2.45. The highest BCUT2D eigenvalue weighted by molar-refractivity contribution is 5.15. The van der Waals surface area contributed by atoms with E-state index in [4.69, 9.17) is 0 Å². The smallest absolute Gasteiger partial charge is 0.0193 e. The molecule has 0 aromatic carbocycles. The highest BCUT2D eigenvalue weighted by Gasteiger charge is 1.95. The third kappa shape index (κ3) is 4.56. The Morgan fingerprint density at radius 2 is 2.00 bits per heavy atom. The average Bonchev–Trinajstić information content (AvgIpc) is 2.17. The van der Waals surface area contributed by atoms with Crippen LogP contribution >= 0.6 is 0 Å². The SMILES string of the molecule is C=C(/C=C\N(CC)/C(C)=C\C)CC. The molecule has 1 nitrogen and oxygen atoms in total. The van der Waals surface area contributed by atoms with Gasteiger partial charge >= 0.3 is 0 Å². The Morgan fingerprint density at radius 1 is 1.38 bits per heavy atom. The zero-order valence-electron chi connectivity index (χ0n) is 9.30. The van der Waals surface area contributed by atoms with Crippen molar-refractivity contribution in [3.8, 4) is 0 Å². The average molecular weight is 179 g/mol. The van der Waals surface area contributed by atoms with Crippen LogP contribution in [-0.2, 0) is 0 Å². The summed E-state index contributed by atoms with van der Waals surface area (Å²) in [5, 5.41) is 0. The van der Waals surface area contributed by atoms with E-state index in [9.17, 15) is 0 Å². The van der Waals surface area contributed by atoms with Crippen LogP contribution in [0, 0.1) is 0 Å². The van der Waals surface area contributed by atoms with Gasteiger partial charge in [-0.15, -0.1) is 0 Å². The van der Waals surface area contributed by atoms with Gasteiger partial charge in [0.15, 0.2) is 0 Å². The van der Waals surface area contributed by atoms with Crippen molar-refractivity contribution in [3.63, 3.8) is 0 Å². The number of allylic oxidation sites excluding steroid dienone is 4. The molecule has 1 heteroatoms. The molecule has 0 spiro atoms. The second-order valence-corrected chi connectivity index (χ2v) is 3.04. The summed E-state index contributed by atoms with van der Waals surface area (Å²) in [6.45, 7) is 13.4. The van der Waals surface area contributed by atoms with Gasteiger partial charge in [0.05, 0.1) is 0 Å². The third-order valence-corrected chi connectivity index (χ3v) is 2.16. The van der Waals surface area contributed by atoms with E-state index in [1.165, 1.54) is 11.3 Å². The molecule has 0 unspecified atom stereocenters. The summed E-state index contributed by atoms with van der Waals surface area (Å²) in [6, 6.07) is 0. The zero-order valence-corrected chi connectivity index (χ0v) is 9.30. The van der Waals surface area contributed by atoms with Gasteiger partial charge in [0.25, 0.3) is 0 Å². The highest BCUT2D eigenvalue weighted by Crippen LogP contribution is 2.06. The number of rotatable bonds is 5. The predicted molar refractivity (Wildman–Crippen MR) is 60.4 cm³/mol. The first-order valence-electron chi connectivity index (χ1n) is 4.91. The van der Waals surface area contributed by atoms with Crippen LogP contribution in [-0.4, -0.2) is 11.4 Å². The standard InChI is InChI=1S/C12H21N/c1-6-11(4)9-10-13(8-3)12(5)7-2/h7,9-10H,4,6,8H2,1-3,5H3/b10-9-,12-7-. The lowest BCUT2D eigenvalue weighted by Crippen LogP contribution is -2.13. The van der Waals surface area contributed by atoms with E-state index in [-0.39, 0.29) is 0 Å². The first-order chi connectivity index (χ1) is 6.15. The fourth-order valence-corrected chi connectivity index (χ4v) is 0.951. The molecule has 0 bridgehead atoms. The fourth-order valence-electron chi connectivity index (χ4n) is 0.951. The van der Waals surface area contributed by atoms with Gasteiger partial charge < -0.3 is 4.90 Å². The van der Waals surface area contributed by atoms with Crippen LogP contribution in [0.1, 0.15) is 34.1 Å². The van der Waals surface area contributed by atoms with E-state index in [1.54, 1.807) is 0 Å². The van der Waals surface area contributed by atoms with Crippen molar-refractivity contribution in [3.05, 3.63) is 36.2 Å². The maximum atomic E-state index is 3.93. The molecule has 0 saturated heterocycles. The predicted octanol–water partition coefficient (Wildman–Crippen LogP) is 3.71. The minimum absolute atomic E-state index is 1.00. The molecule has 0 aliphatic heterocycles. The van der Waals surface area contributed by atoms with Crippen molar-refractivity contribution in [2.24, 2.45) is 0 Å². The van der Waals surface area contributed by atoms with Crippen LogP contribution < -0.4 is 0 Å². The van der Waals surface area contributed by atoms with Crippen molar-refractivity contribution in [2.45, 2.75) is 34.1 Å². The van der Waals surface area contributed by atoms with Crippen molar-refractivity contribution in [1.82, 2.24) is 4.90 Å². The van der Waals surface area contributed by atoms with Gasteiger partial charge in [0.2, 0.25) is 0 Å². The first-order valence-corrected chi connectivity index (χ1v) is 4.91. The summed E-state index contributed by atoms with van der Waals surface area (Å²) >= 11 is 0. The lowest BCUT2D eigenvalue weighted by Gasteiger charge is -2.18. The normalized spacial score (nSPS) is 12.2. The van der Waals surface area contributed by atoms with Gasteiger partial charge in [-0.25, -0.2) is 0 Å². The lowest BCUT2D eigenvalue weighted by molar-refractivity contribution is 0.491. The van der Waals surface area contributed by atoms with E-state index < -0.39 is 0 Å². The van der Waals surface area contributed by atoms with Crippen LogP contribution in [0.2, 0.25) is 0 Å². The summed E-state index contributed by atoms with van der Waals surface area (Å²) in [6.07, 6.45) is 7.31. The topological polar surface area (TPSA) is 3.24 Å². The molecule has 0 amide bonds. The minimum Gasteiger partial charge on any atom is -0.352 e. The second kappa shape index (κ2) is 6.53. The molecule has 74 valence electrons. The van der Waals surface area contributed by atoms with Gasteiger partial charge in [-0.1, -0.05) is 25.2 Å². The number of hydrogen-bond acceptors (Lipinski definition) is 1. The largest absolute Gasteiger partial charge is 0.352 e. The van der Waals surface area contributed by atoms with E-state index in [0.29, 0.717) is 0 Å². The second-order valence-electron chi connectivity index (χ2n) is 3.04. The Kier molecular flexibility index (Phi) is 6.03. The van der Waals surface area contributed by atoms with Crippen molar-refractivity contribution < 1.29 is 0 Å². The molecule has 0 saturated carbocycles. The van der Waals surface area contributed by atoms with Gasteiger partial charge in [0.1, 0.15) is 0 Å². The van der Waals surface area contributed by atoms with Crippen LogP contribution in [0.15, 0.2) is 36.2 Å². The molecular formula is C12H21N. The molecule has 13 heavy (non-hydrogen) atoms. The zero-order chi connectivity index (χ0) is 10.3. The Balaban J connectivity index is 4.28. The fraction of sp³-hybridized carbons (Fsp3) is 0.500. The van der Waals surface area contributed by atoms with Gasteiger partial charge in [-0.05, 0) is 33.3 Å². The molecule has 0 radical (unpaired) electrons. The van der Waals surface area contributed by atoms with Crippen LogP contribution in [0.4, 0.5) is 0 Å². The summed E-state index contributed by atoms with van der Waals surface area (Å²) in [5.74, 6) is 0. The molecule has 0 heterocycles.